The molecule has 1 N–H and O–H groups in total. The van der Waals surface area contributed by atoms with Gasteiger partial charge in [0.1, 0.15) is 28.3 Å². The van der Waals surface area contributed by atoms with Crippen LogP contribution >= 0.6 is 0 Å². The fourth-order valence-corrected chi connectivity index (χ4v) is 6.88. The fraction of sp³-hybridized carbons (Fsp3) is 0.447. The number of carbonyl (C=O) groups is 1. The van der Waals surface area contributed by atoms with Crippen LogP contribution in [0.5, 0.6) is 0 Å². The van der Waals surface area contributed by atoms with Gasteiger partial charge in [-0.25, -0.2) is 0 Å². The number of carbonyl (C=O) groups excluding carboxylic acids is 1. The second-order valence-corrected chi connectivity index (χ2v) is 16.6. The third-order valence-electron chi connectivity index (χ3n) is 11.6. The van der Waals surface area contributed by atoms with Crippen molar-refractivity contribution in [3.63, 3.8) is 0 Å². The molecule has 6 rings (SSSR count). The summed E-state index contributed by atoms with van der Waals surface area (Å²) in [5.74, 6) is 1.89. The molecular formula is C47H58IrNO4-. The number of aromatic nitrogens is 1. The average molecular weight is 893 g/mol. The van der Waals surface area contributed by atoms with Gasteiger partial charge in [0.2, 0.25) is 0 Å². The molecule has 0 saturated carbocycles. The number of aliphatic hydroxyl groups is 1. The predicted octanol–water partition coefficient (Wildman–Crippen LogP) is 13.8. The van der Waals surface area contributed by atoms with Gasteiger partial charge < -0.3 is 13.9 Å². The summed E-state index contributed by atoms with van der Waals surface area (Å²) < 4.78 is 12.8. The molecule has 285 valence electrons. The number of aliphatic hydroxyl groups excluding tert-OH is 1. The van der Waals surface area contributed by atoms with Crippen molar-refractivity contribution in [2.75, 3.05) is 0 Å². The molecule has 0 saturated heterocycles. The van der Waals surface area contributed by atoms with Crippen LogP contribution in [-0.2, 0) is 36.7 Å². The molecule has 0 amide bonds. The van der Waals surface area contributed by atoms with Gasteiger partial charge in [-0.2, -0.15) is 0 Å². The Morgan fingerprint density at radius 3 is 2.04 bits per heavy atom. The molecule has 0 spiro atoms. The molecule has 5 nitrogen and oxygen atoms in total. The van der Waals surface area contributed by atoms with Crippen molar-refractivity contribution in [3.05, 3.63) is 89.5 Å². The van der Waals surface area contributed by atoms with E-state index >= 15 is 0 Å². The number of hydrogen-bond donors (Lipinski definition) is 1. The van der Waals surface area contributed by atoms with E-state index in [4.69, 9.17) is 13.8 Å². The molecule has 3 heterocycles. The number of fused-ring (bicyclic) bond motifs is 5. The number of allylic oxidation sites excluding steroid dienone is 2. The molecule has 0 aliphatic carbocycles. The van der Waals surface area contributed by atoms with E-state index in [2.05, 4.69) is 90.1 Å². The molecular weight excluding hydrogens is 835 g/mol. The van der Waals surface area contributed by atoms with E-state index in [-0.39, 0.29) is 47.9 Å². The first-order valence-electron chi connectivity index (χ1n) is 19.1. The minimum absolute atomic E-state index is 0. The fourth-order valence-electron chi connectivity index (χ4n) is 6.88. The van der Waals surface area contributed by atoms with Gasteiger partial charge in [-0.05, 0) is 67.7 Å². The van der Waals surface area contributed by atoms with Crippen LogP contribution in [0.2, 0.25) is 0 Å². The summed E-state index contributed by atoms with van der Waals surface area (Å²) in [6, 6.07) is 20.6. The SMILES string of the molecule is CCC(C)(CC)C(=O)/C=C(\O)C(C)(CC)CC.Cc1c(CC(C)C)oc2cc3c(cc12)oc1c(-c2[c-]c4ccccc4c(C(C)(C)C)c2)nccc13.[Ir]. The number of ketones is 1. The van der Waals surface area contributed by atoms with E-state index < -0.39 is 0 Å². The minimum atomic E-state index is -0.337. The van der Waals surface area contributed by atoms with Crippen LogP contribution in [0, 0.1) is 29.7 Å². The molecule has 6 aromatic rings. The summed E-state index contributed by atoms with van der Waals surface area (Å²) in [7, 11) is 0. The van der Waals surface area contributed by atoms with Crippen LogP contribution in [0.25, 0.3) is 54.9 Å². The first kappa shape index (κ1) is 42.0. The van der Waals surface area contributed by atoms with Crippen molar-refractivity contribution < 1.29 is 38.8 Å². The van der Waals surface area contributed by atoms with Crippen molar-refractivity contribution >= 4 is 49.5 Å². The van der Waals surface area contributed by atoms with Crippen LogP contribution in [0.1, 0.15) is 119 Å². The van der Waals surface area contributed by atoms with Crippen molar-refractivity contribution in [2.45, 2.75) is 121 Å². The van der Waals surface area contributed by atoms with Gasteiger partial charge in [-0.3, -0.25) is 9.78 Å². The second-order valence-electron chi connectivity index (χ2n) is 16.6. The Bertz CT molecular complexity index is 2250. The van der Waals surface area contributed by atoms with Crippen LogP contribution in [0.15, 0.2) is 75.4 Å². The Kier molecular flexibility index (Phi) is 12.9. The standard InChI is InChI=1S/C32H30NO2.C15H28O2.Ir/c1-18(2)13-27-19(3)24-16-29-25(17-28(24)34-27)23-11-12-33-30(31(23)35-29)21-14-20-9-7-8-10-22(20)26(15-21)32(4,5)6;1-7-14(5,8-2)12(16)11-13(17)15(6,9-3)10-4;/h7-12,15-18H,13H2,1-6H3;11,16H,7-10H2,1-6H3;/q-1;;/b;12-11-;. The van der Waals surface area contributed by atoms with Gasteiger partial charge in [0, 0.05) is 71.5 Å². The summed E-state index contributed by atoms with van der Waals surface area (Å²) in [6.45, 7) is 25.4. The van der Waals surface area contributed by atoms with Gasteiger partial charge >= 0.3 is 0 Å². The largest absolute Gasteiger partial charge is 0.512 e. The summed E-state index contributed by atoms with van der Waals surface area (Å²) in [5.41, 5.74) is 6.21. The number of pyridine rings is 1. The smallest absolute Gasteiger partial charge is 0.164 e. The number of rotatable bonds is 10. The molecule has 0 fully saturated rings. The summed E-state index contributed by atoms with van der Waals surface area (Å²) in [4.78, 5) is 17.0. The molecule has 3 aromatic carbocycles. The quantitative estimate of drug-likeness (QED) is 0.0842. The zero-order chi connectivity index (χ0) is 38.2. The van der Waals surface area contributed by atoms with Crippen molar-refractivity contribution in [3.8, 4) is 11.3 Å². The summed E-state index contributed by atoms with van der Waals surface area (Å²) in [6.07, 6.45) is 7.56. The van der Waals surface area contributed by atoms with E-state index in [0.717, 1.165) is 87.4 Å². The second kappa shape index (κ2) is 16.3. The van der Waals surface area contributed by atoms with E-state index in [0.29, 0.717) is 5.92 Å². The molecule has 6 heteroatoms. The van der Waals surface area contributed by atoms with Gasteiger partial charge in [0.15, 0.2) is 5.78 Å². The third kappa shape index (κ3) is 8.35. The van der Waals surface area contributed by atoms with Crippen LogP contribution < -0.4 is 0 Å². The van der Waals surface area contributed by atoms with E-state index in [1.54, 1.807) is 0 Å². The van der Waals surface area contributed by atoms with Crippen molar-refractivity contribution in [1.29, 1.82) is 0 Å². The topological polar surface area (TPSA) is 76.5 Å². The first-order valence-corrected chi connectivity index (χ1v) is 19.1. The maximum absolute atomic E-state index is 12.2. The third-order valence-corrected chi connectivity index (χ3v) is 11.6. The van der Waals surface area contributed by atoms with E-state index in [9.17, 15) is 9.90 Å². The summed E-state index contributed by atoms with van der Waals surface area (Å²) in [5, 5.41) is 15.7. The van der Waals surface area contributed by atoms with Gasteiger partial charge in [-0.1, -0.05) is 105 Å². The van der Waals surface area contributed by atoms with E-state index in [1.165, 1.54) is 22.6 Å². The monoisotopic (exact) mass is 893 g/mol. The van der Waals surface area contributed by atoms with Gasteiger partial charge in [-0.15, -0.1) is 29.1 Å². The maximum Gasteiger partial charge on any atom is 0.164 e. The molecule has 0 unspecified atom stereocenters. The van der Waals surface area contributed by atoms with Gasteiger partial charge in [0.25, 0.3) is 0 Å². The Balaban J connectivity index is 0.000000299. The number of hydrogen-bond acceptors (Lipinski definition) is 5. The van der Waals surface area contributed by atoms with Crippen LogP contribution in [0.4, 0.5) is 0 Å². The number of benzene rings is 3. The average Bonchev–Trinajstić information content (AvgIpc) is 3.64. The molecule has 0 aliphatic rings. The molecule has 0 bridgehead atoms. The minimum Gasteiger partial charge on any atom is -0.512 e. The molecule has 3 aromatic heterocycles. The van der Waals surface area contributed by atoms with Crippen molar-refractivity contribution in [2.24, 2.45) is 16.7 Å². The zero-order valence-electron chi connectivity index (χ0n) is 33.8. The normalized spacial score (nSPS) is 12.8. The van der Waals surface area contributed by atoms with Gasteiger partial charge in [0.05, 0.1) is 0 Å². The van der Waals surface area contributed by atoms with Crippen LogP contribution in [-0.4, -0.2) is 15.9 Å². The molecule has 0 atom stereocenters. The Morgan fingerprint density at radius 1 is 0.830 bits per heavy atom. The number of furan rings is 2. The Morgan fingerprint density at radius 2 is 1.43 bits per heavy atom. The van der Waals surface area contributed by atoms with Crippen molar-refractivity contribution in [1.82, 2.24) is 4.98 Å². The number of nitrogens with zero attached hydrogens (tertiary/aromatic N) is 1. The Labute approximate surface area is 330 Å². The predicted molar refractivity (Wildman–Crippen MR) is 218 cm³/mol. The molecule has 53 heavy (non-hydrogen) atoms. The van der Waals surface area contributed by atoms with Crippen LogP contribution in [0.3, 0.4) is 0 Å². The molecule has 1 radical (unpaired) electrons. The summed E-state index contributed by atoms with van der Waals surface area (Å²) >= 11 is 0. The number of aryl methyl sites for hydroxylation is 1. The maximum atomic E-state index is 12.2. The first-order chi connectivity index (χ1) is 24.5. The zero-order valence-corrected chi connectivity index (χ0v) is 36.2. The molecule has 0 aliphatic heterocycles. The van der Waals surface area contributed by atoms with E-state index in [1.807, 2.05) is 53.8 Å². The Hall–Kier alpha value is -3.73.